The van der Waals surface area contributed by atoms with E-state index in [-0.39, 0.29) is 5.56 Å². The zero-order valence-electron chi connectivity index (χ0n) is 7.50. The highest BCUT2D eigenvalue weighted by molar-refractivity contribution is 6.32. The summed E-state index contributed by atoms with van der Waals surface area (Å²) in [5, 5.41) is 1.82. The van der Waals surface area contributed by atoms with Gasteiger partial charge >= 0.3 is 0 Å². The normalized spacial score (nSPS) is 10.4. The number of H-pyrrole nitrogens is 1. The van der Waals surface area contributed by atoms with Crippen molar-refractivity contribution in [3.05, 3.63) is 39.8 Å². The molecule has 4 heteroatoms. The Kier molecular flexibility index (Phi) is 2.17. The Morgan fingerprint density at radius 3 is 2.93 bits per heavy atom. The fourth-order valence-corrected chi connectivity index (χ4v) is 1.59. The zero-order valence-corrected chi connectivity index (χ0v) is 8.26. The maximum absolute atomic E-state index is 11.4. The maximum atomic E-state index is 11.4. The summed E-state index contributed by atoms with van der Waals surface area (Å²) in [6.07, 6.45) is 1.60. The molecule has 0 fully saturated rings. The molecule has 0 bridgehead atoms. The molecule has 0 amide bonds. The number of aromatic amines is 1. The van der Waals surface area contributed by atoms with E-state index in [4.69, 9.17) is 16.3 Å². The first-order chi connectivity index (χ1) is 6.72. The molecule has 3 nitrogen and oxygen atoms in total. The Hall–Kier alpha value is -1.48. The predicted octanol–water partition coefficient (Wildman–Crippen LogP) is 2.19. The Bertz CT molecular complexity index is 533. The number of ether oxygens (including phenoxy) is 1. The molecule has 0 radical (unpaired) electrons. The molecule has 1 aromatic heterocycles. The van der Waals surface area contributed by atoms with Crippen LogP contribution in [0.4, 0.5) is 0 Å². The third-order valence-corrected chi connectivity index (χ3v) is 2.34. The van der Waals surface area contributed by atoms with E-state index in [9.17, 15) is 4.79 Å². The van der Waals surface area contributed by atoms with Crippen molar-refractivity contribution in [1.82, 2.24) is 4.98 Å². The van der Waals surface area contributed by atoms with Crippen LogP contribution in [0, 0.1) is 0 Å². The first-order valence-electron chi connectivity index (χ1n) is 4.07. The van der Waals surface area contributed by atoms with Crippen molar-refractivity contribution in [3.63, 3.8) is 0 Å². The third kappa shape index (κ3) is 1.36. The molecule has 0 unspecified atom stereocenters. The lowest BCUT2D eigenvalue weighted by Gasteiger charge is -2.04. The Morgan fingerprint density at radius 1 is 1.43 bits per heavy atom. The van der Waals surface area contributed by atoms with Gasteiger partial charge in [0.1, 0.15) is 5.75 Å². The van der Waals surface area contributed by atoms with Crippen LogP contribution < -0.4 is 10.3 Å². The fourth-order valence-electron chi connectivity index (χ4n) is 1.34. The van der Waals surface area contributed by atoms with Crippen molar-refractivity contribution in [2.24, 2.45) is 0 Å². The second kappa shape index (κ2) is 3.35. The lowest BCUT2D eigenvalue weighted by molar-refractivity contribution is 0.415. The lowest BCUT2D eigenvalue weighted by atomic mass is 10.2. The number of halogens is 1. The van der Waals surface area contributed by atoms with Gasteiger partial charge in [-0.1, -0.05) is 11.6 Å². The number of benzene rings is 1. The minimum Gasteiger partial charge on any atom is -0.495 e. The molecule has 14 heavy (non-hydrogen) atoms. The van der Waals surface area contributed by atoms with Crippen LogP contribution in [-0.4, -0.2) is 12.1 Å². The van der Waals surface area contributed by atoms with Crippen LogP contribution in [0.25, 0.3) is 10.8 Å². The highest BCUT2D eigenvalue weighted by Crippen LogP contribution is 2.27. The highest BCUT2D eigenvalue weighted by atomic mass is 35.5. The molecule has 0 aliphatic rings. The number of rotatable bonds is 1. The van der Waals surface area contributed by atoms with Gasteiger partial charge in [0.2, 0.25) is 0 Å². The number of methoxy groups -OCH3 is 1. The van der Waals surface area contributed by atoms with Crippen LogP contribution in [0.5, 0.6) is 5.75 Å². The molecule has 2 aromatic rings. The molecule has 0 atom stereocenters. The van der Waals surface area contributed by atoms with E-state index < -0.39 is 0 Å². The summed E-state index contributed by atoms with van der Waals surface area (Å²) in [4.78, 5) is 14.0. The second-order valence-electron chi connectivity index (χ2n) is 2.88. The van der Waals surface area contributed by atoms with Gasteiger partial charge in [-0.05, 0) is 23.6 Å². The van der Waals surface area contributed by atoms with E-state index in [1.54, 1.807) is 31.5 Å². The van der Waals surface area contributed by atoms with E-state index in [0.717, 1.165) is 5.39 Å². The quantitative estimate of drug-likeness (QED) is 0.782. The van der Waals surface area contributed by atoms with Crippen LogP contribution in [0.2, 0.25) is 5.02 Å². The van der Waals surface area contributed by atoms with Gasteiger partial charge in [0.15, 0.2) is 0 Å². The van der Waals surface area contributed by atoms with Crippen molar-refractivity contribution in [3.8, 4) is 5.75 Å². The first-order valence-corrected chi connectivity index (χ1v) is 4.45. The summed E-state index contributed by atoms with van der Waals surface area (Å²) in [6, 6.07) is 5.15. The smallest absolute Gasteiger partial charge is 0.255 e. The number of aromatic nitrogens is 1. The van der Waals surface area contributed by atoms with Gasteiger partial charge in [-0.3, -0.25) is 4.79 Å². The van der Waals surface area contributed by atoms with Gasteiger partial charge in [0.25, 0.3) is 5.56 Å². The van der Waals surface area contributed by atoms with E-state index >= 15 is 0 Å². The van der Waals surface area contributed by atoms with Crippen molar-refractivity contribution < 1.29 is 4.74 Å². The Balaban J connectivity index is 2.86. The van der Waals surface area contributed by atoms with E-state index in [1.165, 1.54) is 0 Å². The topological polar surface area (TPSA) is 42.1 Å². The Labute approximate surface area is 85.3 Å². The molecule has 72 valence electrons. The van der Waals surface area contributed by atoms with E-state index in [1.807, 2.05) is 0 Å². The van der Waals surface area contributed by atoms with Gasteiger partial charge in [0, 0.05) is 11.6 Å². The largest absolute Gasteiger partial charge is 0.495 e. The van der Waals surface area contributed by atoms with Crippen LogP contribution >= 0.6 is 11.6 Å². The molecular weight excluding hydrogens is 202 g/mol. The number of fused-ring (bicyclic) bond motifs is 1. The summed E-state index contributed by atoms with van der Waals surface area (Å²) >= 11 is 5.90. The molecule has 0 aliphatic heterocycles. The molecule has 0 aliphatic carbocycles. The van der Waals surface area contributed by atoms with Crippen molar-refractivity contribution >= 4 is 22.4 Å². The predicted molar refractivity (Wildman–Crippen MR) is 56.1 cm³/mol. The fraction of sp³-hybridized carbons (Fsp3) is 0.100. The summed E-state index contributed by atoms with van der Waals surface area (Å²) in [5.41, 5.74) is -0.146. The molecule has 0 saturated heterocycles. The maximum Gasteiger partial charge on any atom is 0.255 e. The average molecular weight is 210 g/mol. The number of pyridine rings is 1. The van der Waals surface area contributed by atoms with Gasteiger partial charge in [-0.2, -0.15) is 0 Å². The first kappa shape index (κ1) is 9.09. The summed E-state index contributed by atoms with van der Waals surface area (Å²) < 4.78 is 5.05. The number of hydrogen-bond donors (Lipinski definition) is 1. The van der Waals surface area contributed by atoms with Gasteiger partial charge < -0.3 is 9.72 Å². The van der Waals surface area contributed by atoms with Gasteiger partial charge in [-0.25, -0.2) is 0 Å². The second-order valence-corrected chi connectivity index (χ2v) is 3.29. The number of hydrogen-bond acceptors (Lipinski definition) is 2. The van der Waals surface area contributed by atoms with Crippen LogP contribution in [-0.2, 0) is 0 Å². The summed E-state index contributed by atoms with van der Waals surface area (Å²) in [6.45, 7) is 0. The third-order valence-electron chi connectivity index (χ3n) is 2.05. The Morgan fingerprint density at radius 2 is 2.21 bits per heavy atom. The summed E-state index contributed by atoms with van der Waals surface area (Å²) in [7, 11) is 1.54. The summed E-state index contributed by atoms with van der Waals surface area (Å²) in [5.74, 6) is 0.574. The molecule has 1 heterocycles. The van der Waals surface area contributed by atoms with E-state index in [0.29, 0.717) is 16.2 Å². The number of nitrogens with one attached hydrogen (secondary N) is 1. The molecular formula is C10H8ClNO2. The van der Waals surface area contributed by atoms with Crippen LogP contribution in [0.1, 0.15) is 0 Å². The highest BCUT2D eigenvalue weighted by Gasteiger charge is 2.04. The van der Waals surface area contributed by atoms with Gasteiger partial charge in [-0.15, -0.1) is 0 Å². The minimum atomic E-state index is -0.146. The SMILES string of the molecule is COc1cc2cc[nH]c(=O)c2cc1Cl. The van der Waals surface area contributed by atoms with Crippen LogP contribution in [0.15, 0.2) is 29.2 Å². The van der Waals surface area contributed by atoms with Crippen molar-refractivity contribution in [2.75, 3.05) is 7.11 Å². The lowest BCUT2D eigenvalue weighted by Crippen LogP contribution is -2.04. The van der Waals surface area contributed by atoms with Crippen molar-refractivity contribution in [2.45, 2.75) is 0 Å². The zero-order chi connectivity index (χ0) is 10.1. The minimum absolute atomic E-state index is 0.146. The monoisotopic (exact) mass is 209 g/mol. The molecule has 0 saturated carbocycles. The molecule has 0 spiro atoms. The molecule has 1 aromatic carbocycles. The molecule has 1 N–H and O–H groups in total. The standard InChI is InChI=1S/C10H8ClNO2/c1-14-9-4-6-2-3-12-10(13)7(6)5-8(9)11/h2-5H,1H3,(H,12,13). The van der Waals surface area contributed by atoms with Crippen LogP contribution in [0.3, 0.4) is 0 Å². The van der Waals surface area contributed by atoms with Crippen molar-refractivity contribution in [1.29, 1.82) is 0 Å². The average Bonchev–Trinajstić information content (AvgIpc) is 2.19. The van der Waals surface area contributed by atoms with E-state index in [2.05, 4.69) is 4.98 Å². The van der Waals surface area contributed by atoms with Gasteiger partial charge in [0.05, 0.1) is 12.1 Å². The molecule has 2 rings (SSSR count).